The lowest BCUT2D eigenvalue weighted by molar-refractivity contribution is 0.246. The van der Waals surface area contributed by atoms with Gasteiger partial charge in [0.15, 0.2) is 0 Å². The first kappa shape index (κ1) is 21.6. The summed E-state index contributed by atoms with van der Waals surface area (Å²) in [5, 5.41) is 0. The number of benzene rings is 2. The Hall–Kier alpha value is -2.62. The molecule has 0 spiro atoms. The van der Waals surface area contributed by atoms with Crippen LogP contribution >= 0.6 is 0 Å². The third-order valence-electron chi connectivity index (χ3n) is 6.08. The molecule has 31 heavy (non-hydrogen) atoms. The van der Waals surface area contributed by atoms with Crippen LogP contribution in [0.5, 0.6) is 5.75 Å². The molecule has 166 valence electrons. The van der Waals surface area contributed by atoms with Gasteiger partial charge in [-0.1, -0.05) is 12.1 Å². The summed E-state index contributed by atoms with van der Waals surface area (Å²) in [5.41, 5.74) is 2.10. The standard InChI is InChI=1S/C22H28N4O4S/c1-24-19-10-9-18(14-20(19)25(2)22(24)27)31(28,29)23-15-21(26-11-4-5-12-26)16-7-6-8-17(13-16)30-3/h6-10,13-14,21,23H,4-5,11-12,15H2,1-3H3. The number of imidazole rings is 1. The predicted molar refractivity (Wildman–Crippen MR) is 120 cm³/mol. The van der Waals surface area contributed by atoms with Crippen molar-refractivity contribution in [2.24, 2.45) is 14.1 Å². The number of aryl methyl sites for hydroxylation is 2. The molecule has 0 amide bonds. The van der Waals surface area contributed by atoms with Crippen LogP contribution in [0.15, 0.2) is 52.2 Å². The van der Waals surface area contributed by atoms with E-state index in [2.05, 4.69) is 9.62 Å². The summed E-state index contributed by atoms with van der Waals surface area (Å²) < 4.78 is 37.3. The number of nitrogens with one attached hydrogen (secondary N) is 1. The van der Waals surface area contributed by atoms with Crippen LogP contribution in [0.3, 0.4) is 0 Å². The Labute approximate surface area is 182 Å². The fourth-order valence-corrected chi connectivity index (χ4v) is 5.34. The van der Waals surface area contributed by atoms with Crippen molar-refractivity contribution in [1.82, 2.24) is 18.8 Å². The number of sulfonamides is 1. The summed E-state index contributed by atoms with van der Waals surface area (Å²) in [6.07, 6.45) is 2.21. The van der Waals surface area contributed by atoms with Gasteiger partial charge in [0.1, 0.15) is 5.75 Å². The minimum absolute atomic E-state index is 0.0859. The van der Waals surface area contributed by atoms with Crippen molar-refractivity contribution in [3.63, 3.8) is 0 Å². The number of rotatable bonds is 7. The van der Waals surface area contributed by atoms with Crippen molar-refractivity contribution in [2.45, 2.75) is 23.8 Å². The van der Waals surface area contributed by atoms with Gasteiger partial charge in [-0.3, -0.25) is 14.0 Å². The predicted octanol–water partition coefficient (Wildman–Crippen LogP) is 2.00. The molecule has 1 aliphatic rings. The number of likely N-dealkylation sites (tertiary alicyclic amines) is 1. The summed E-state index contributed by atoms with van der Waals surface area (Å²) in [6, 6.07) is 12.5. The fourth-order valence-electron chi connectivity index (χ4n) is 4.29. The molecule has 3 aromatic rings. The van der Waals surface area contributed by atoms with Crippen LogP contribution in [-0.4, -0.2) is 49.2 Å². The van der Waals surface area contributed by atoms with E-state index in [1.807, 2.05) is 24.3 Å². The first-order valence-corrected chi connectivity index (χ1v) is 11.8. The Kier molecular flexibility index (Phi) is 5.92. The lowest BCUT2D eigenvalue weighted by Gasteiger charge is -2.28. The molecule has 2 heterocycles. The smallest absolute Gasteiger partial charge is 0.328 e. The van der Waals surface area contributed by atoms with E-state index >= 15 is 0 Å². The van der Waals surface area contributed by atoms with Gasteiger partial charge < -0.3 is 4.74 Å². The fraction of sp³-hybridized carbons (Fsp3) is 0.409. The second kappa shape index (κ2) is 8.49. The Morgan fingerprint density at radius 1 is 1.03 bits per heavy atom. The van der Waals surface area contributed by atoms with E-state index in [1.165, 1.54) is 9.13 Å². The Balaban J connectivity index is 1.62. The van der Waals surface area contributed by atoms with Crippen molar-refractivity contribution < 1.29 is 13.2 Å². The average Bonchev–Trinajstić information content (AvgIpc) is 3.38. The first-order chi connectivity index (χ1) is 14.8. The van der Waals surface area contributed by atoms with Crippen LogP contribution in [0.25, 0.3) is 11.0 Å². The number of hydrogen-bond donors (Lipinski definition) is 1. The van der Waals surface area contributed by atoms with Gasteiger partial charge in [-0.2, -0.15) is 0 Å². The van der Waals surface area contributed by atoms with Crippen molar-refractivity contribution in [3.8, 4) is 5.75 Å². The molecule has 1 saturated heterocycles. The third kappa shape index (κ3) is 4.13. The highest BCUT2D eigenvalue weighted by Crippen LogP contribution is 2.28. The molecule has 8 nitrogen and oxygen atoms in total. The van der Waals surface area contributed by atoms with Gasteiger partial charge in [0, 0.05) is 26.7 Å². The minimum Gasteiger partial charge on any atom is -0.497 e. The summed E-state index contributed by atoms with van der Waals surface area (Å²) in [7, 11) is 1.18. The van der Waals surface area contributed by atoms with E-state index in [9.17, 15) is 13.2 Å². The summed E-state index contributed by atoms with van der Waals surface area (Å²) in [5.74, 6) is 0.750. The largest absolute Gasteiger partial charge is 0.497 e. The second-order valence-corrected chi connectivity index (χ2v) is 9.71. The maximum Gasteiger partial charge on any atom is 0.328 e. The number of ether oxygens (including phenoxy) is 1. The maximum absolute atomic E-state index is 13.1. The molecule has 0 aliphatic carbocycles. The Morgan fingerprint density at radius 3 is 2.45 bits per heavy atom. The maximum atomic E-state index is 13.1. The molecule has 0 bridgehead atoms. The lowest BCUT2D eigenvalue weighted by atomic mass is 10.1. The van der Waals surface area contributed by atoms with Crippen LogP contribution in [0.2, 0.25) is 0 Å². The third-order valence-corrected chi connectivity index (χ3v) is 7.50. The van der Waals surface area contributed by atoms with Crippen LogP contribution in [0.4, 0.5) is 0 Å². The Bertz CT molecular complexity index is 1260. The quantitative estimate of drug-likeness (QED) is 0.603. The summed E-state index contributed by atoms with van der Waals surface area (Å²) >= 11 is 0. The number of hydrogen-bond acceptors (Lipinski definition) is 5. The molecule has 1 unspecified atom stereocenters. The second-order valence-electron chi connectivity index (χ2n) is 7.94. The van der Waals surface area contributed by atoms with Gasteiger partial charge in [0.25, 0.3) is 0 Å². The SMILES string of the molecule is COc1cccc(C(CNS(=O)(=O)c2ccc3c(c2)n(C)c(=O)n3C)N2CCCC2)c1. The van der Waals surface area contributed by atoms with Crippen molar-refractivity contribution in [2.75, 3.05) is 26.7 Å². The van der Waals surface area contributed by atoms with Crippen LogP contribution in [-0.2, 0) is 24.1 Å². The molecule has 1 aromatic heterocycles. The van der Waals surface area contributed by atoms with Gasteiger partial charge in [0.2, 0.25) is 10.0 Å². The van der Waals surface area contributed by atoms with Gasteiger partial charge in [-0.05, 0) is 61.8 Å². The molecular weight excluding hydrogens is 416 g/mol. The lowest BCUT2D eigenvalue weighted by Crippen LogP contribution is -2.36. The van der Waals surface area contributed by atoms with Gasteiger partial charge in [-0.25, -0.2) is 17.9 Å². The van der Waals surface area contributed by atoms with Gasteiger partial charge in [-0.15, -0.1) is 0 Å². The summed E-state index contributed by atoms with van der Waals surface area (Å²) in [4.78, 5) is 14.6. The molecule has 0 saturated carbocycles. The van der Waals surface area contributed by atoms with Gasteiger partial charge in [0.05, 0.1) is 23.0 Å². The molecule has 1 N–H and O–H groups in total. The molecular formula is C22H28N4O4S. The highest BCUT2D eigenvalue weighted by atomic mass is 32.2. The van der Waals surface area contributed by atoms with E-state index < -0.39 is 10.0 Å². The number of aromatic nitrogens is 2. The molecule has 1 fully saturated rings. The topological polar surface area (TPSA) is 85.6 Å². The highest BCUT2D eigenvalue weighted by molar-refractivity contribution is 7.89. The van der Waals surface area contributed by atoms with Gasteiger partial charge >= 0.3 is 5.69 Å². The summed E-state index contributed by atoms with van der Waals surface area (Å²) in [6.45, 7) is 2.12. The Morgan fingerprint density at radius 2 is 1.74 bits per heavy atom. The molecule has 2 aromatic carbocycles. The minimum atomic E-state index is -3.75. The zero-order valence-electron chi connectivity index (χ0n) is 18.0. The monoisotopic (exact) mass is 444 g/mol. The number of fused-ring (bicyclic) bond motifs is 1. The van der Waals surface area contributed by atoms with E-state index in [1.54, 1.807) is 39.4 Å². The molecule has 9 heteroatoms. The van der Waals surface area contributed by atoms with Crippen molar-refractivity contribution >= 4 is 21.1 Å². The molecule has 1 aliphatic heterocycles. The highest BCUT2D eigenvalue weighted by Gasteiger charge is 2.26. The average molecular weight is 445 g/mol. The van der Waals surface area contributed by atoms with E-state index in [-0.39, 0.29) is 23.2 Å². The van der Waals surface area contributed by atoms with Crippen molar-refractivity contribution in [3.05, 3.63) is 58.5 Å². The van der Waals surface area contributed by atoms with Crippen LogP contribution in [0.1, 0.15) is 24.4 Å². The molecule has 4 rings (SSSR count). The number of nitrogens with zero attached hydrogens (tertiary/aromatic N) is 3. The number of methoxy groups -OCH3 is 1. The van der Waals surface area contributed by atoms with Crippen LogP contribution < -0.4 is 15.1 Å². The van der Waals surface area contributed by atoms with Crippen LogP contribution in [0, 0.1) is 0 Å². The normalized spacial score (nSPS) is 16.1. The van der Waals surface area contributed by atoms with E-state index in [4.69, 9.17) is 4.74 Å². The van der Waals surface area contributed by atoms with E-state index in [0.717, 1.165) is 37.2 Å². The van der Waals surface area contributed by atoms with E-state index in [0.29, 0.717) is 11.0 Å². The zero-order valence-corrected chi connectivity index (χ0v) is 18.9. The molecule has 1 atom stereocenters. The molecule has 0 radical (unpaired) electrons. The van der Waals surface area contributed by atoms with Crippen molar-refractivity contribution in [1.29, 1.82) is 0 Å². The first-order valence-electron chi connectivity index (χ1n) is 10.3. The zero-order chi connectivity index (χ0) is 22.2.